The SMILES string of the molecule is CC[C@@]1(OC(C)=O)CC[C@@]2(C)[C@@H](CC[C@H]3[C@H]2CC[C@]2(C)C(=O)CC[C@H]32)C1. The second kappa shape index (κ2) is 6.07. The highest BCUT2D eigenvalue weighted by Gasteiger charge is 2.61. The van der Waals surface area contributed by atoms with Crippen LogP contribution in [0.15, 0.2) is 0 Å². The van der Waals surface area contributed by atoms with Crippen LogP contribution in [0.2, 0.25) is 0 Å². The fourth-order valence-corrected chi connectivity index (χ4v) is 7.87. The van der Waals surface area contributed by atoms with Gasteiger partial charge in [-0.2, -0.15) is 0 Å². The highest BCUT2D eigenvalue weighted by molar-refractivity contribution is 5.87. The van der Waals surface area contributed by atoms with E-state index in [9.17, 15) is 9.59 Å². The molecule has 3 heteroatoms. The molecular weight excluding hydrogens is 324 g/mol. The summed E-state index contributed by atoms with van der Waals surface area (Å²) in [5.41, 5.74) is 0.119. The molecule has 0 radical (unpaired) electrons. The molecule has 0 aromatic carbocycles. The molecule has 4 saturated carbocycles. The molecule has 4 aliphatic carbocycles. The zero-order chi connectivity index (χ0) is 18.7. The first-order chi connectivity index (χ1) is 12.2. The van der Waals surface area contributed by atoms with Crippen molar-refractivity contribution in [1.82, 2.24) is 0 Å². The first-order valence-electron chi connectivity index (χ1n) is 11.0. The van der Waals surface area contributed by atoms with Gasteiger partial charge in [-0.3, -0.25) is 9.59 Å². The lowest BCUT2D eigenvalue weighted by Crippen LogP contribution is -2.56. The molecule has 0 bridgehead atoms. The van der Waals surface area contributed by atoms with E-state index in [1.54, 1.807) is 6.92 Å². The van der Waals surface area contributed by atoms with Gasteiger partial charge in [0.25, 0.3) is 0 Å². The molecular formula is C23H36O3. The van der Waals surface area contributed by atoms with E-state index in [0.717, 1.165) is 50.4 Å². The molecule has 0 aromatic rings. The van der Waals surface area contributed by atoms with Crippen LogP contribution in [0.1, 0.15) is 91.9 Å². The van der Waals surface area contributed by atoms with E-state index < -0.39 is 0 Å². The molecule has 7 atom stereocenters. The number of ketones is 1. The lowest BCUT2D eigenvalue weighted by Gasteiger charge is -2.61. The van der Waals surface area contributed by atoms with E-state index in [1.807, 2.05) is 0 Å². The Morgan fingerprint density at radius 1 is 1.08 bits per heavy atom. The Morgan fingerprint density at radius 3 is 2.54 bits per heavy atom. The van der Waals surface area contributed by atoms with Gasteiger partial charge in [0.2, 0.25) is 0 Å². The maximum atomic E-state index is 12.5. The van der Waals surface area contributed by atoms with E-state index in [1.165, 1.54) is 25.7 Å². The number of carbonyl (C=O) groups is 2. The van der Waals surface area contributed by atoms with Gasteiger partial charge in [0.1, 0.15) is 11.4 Å². The molecule has 0 N–H and O–H groups in total. The van der Waals surface area contributed by atoms with Crippen LogP contribution in [0.5, 0.6) is 0 Å². The lowest BCUT2D eigenvalue weighted by atomic mass is 9.44. The summed E-state index contributed by atoms with van der Waals surface area (Å²) in [7, 11) is 0. The predicted molar refractivity (Wildman–Crippen MR) is 102 cm³/mol. The maximum Gasteiger partial charge on any atom is 0.303 e. The molecule has 146 valence electrons. The minimum Gasteiger partial charge on any atom is -0.459 e. The van der Waals surface area contributed by atoms with Gasteiger partial charge >= 0.3 is 5.97 Å². The zero-order valence-corrected chi connectivity index (χ0v) is 17.1. The molecule has 4 aliphatic rings. The number of Topliss-reactive ketones (excluding diaryl/α,β-unsaturated/α-hetero) is 1. The van der Waals surface area contributed by atoms with Crippen LogP contribution in [-0.4, -0.2) is 17.4 Å². The molecule has 3 nitrogen and oxygen atoms in total. The second-order valence-electron chi connectivity index (χ2n) is 10.4. The summed E-state index contributed by atoms with van der Waals surface area (Å²) in [6.45, 7) is 8.52. The molecule has 0 spiro atoms. The average molecular weight is 361 g/mol. The monoisotopic (exact) mass is 360 g/mol. The van der Waals surface area contributed by atoms with Gasteiger partial charge in [-0.05, 0) is 86.9 Å². The normalized spacial score (nSPS) is 50.5. The van der Waals surface area contributed by atoms with Crippen LogP contribution in [-0.2, 0) is 14.3 Å². The number of fused-ring (bicyclic) bond motifs is 5. The average Bonchev–Trinajstić information content (AvgIpc) is 2.90. The molecule has 4 fully saturated rings. The second-order valence-corrected chi connectivity index (χ2v) is 10.4. The Hall–Kier alpha value is -0.860. The van der Waals surface area contributed by atoms with E-state index in [-0.39, 0.29) is 17.0 Å². The smallest absolute Gasteiger partial charge is 0.303 e. The van der Waals surface area contributed by atoms with Gasteiger partial charge in [0, 0.05) is 18.8 Å². The molecule has 0 heterocycles. The Labute approximate surface area is 158 Å². The Morgan fingerprint density at radius 2 is 1.85 bits per heavy atom. The molecule has 4 rings (SSSR count). The summed E-state index contributed by atoms with van der Waals surface area (Å²) in [4.78, 5) is 24.2. The number of rotatable bonds is 2. The number of hydrogen-bond donors (Lipinski definition) is 0. The fourth-order valence-electron chi connectivity index (χ4n) is 7.87. The summed E-state index contributed by atoms with van der Waals surface area (Å²) in [6, 6.07) is 0. The number of ether oxygens (including phenoxy) is 1. The van der Waals surface area contributed by atoms with Crippen molar-refractivity contribution in [1.29, 1.82) is 0 Å². The molecule has 0 unspecified atom stereocenters. The Balaban J connectivity index is 1.58. The van der Waals surface area contributed by atoms with Crippen molar-refractivity contribution < 1.29 is 14.3 Å². The highest BCUT2D eigenvalue weighted by atomic mass is 16.6. The first kappa shape index (κ1) is 18.5. The maximum absolute atomic E-state index is 12.5. The van der Waals surface area contributed by atoms with Gasteiger partial charge < -0.3 is 4.74 Å². The zero-order valence-electron chi connectivity index (χ0n) is 17.1. The van der Waals surface area contributed by atoms with Crippen molar-refractivity contribution in [3.63, 3.8) is 0 Å². The van der Waals surface area contributed by atoms with Gasteiger partial charge in [-0.15, -0.1) is 0 Å². The van der Waals surface area contributed by atoms with Gasteiger partial charge in [-0.1, -0.05) is 20.8 Å². The van der Waals surface area contributed by atoms with E-state index >= 15 is 0 Å². The summed E-state index contributed by atoms with van der Waals surface area (Å²) in [5.74, 6) is 3.21. The van der Waals surface area contributed by atoms with Crippen molar-refractivity contribution in [3.8, 4) is 0 Å². The molecule has 0 aliphatic heterocycles. The lowest BCUT2D eigenvalue weighted by molar-refractivity contribution is -0.182. The van der Waals surface area contributed by atoms with Crippen molar-refractivity contribution in [3.05, 3.63) is 0 Å². The third-order valence-electron chi connectivity index (χ3n) is 9.52. The van der Waals surface area contributed by atoms with Gasteiger partial charge in [0.15, 0.2) is 0 Å². The highest BCUT2D eigenvalue weighted by Crippen LogP contribution is 2.66. The van der Waals surface area contributed by atoms with Crippen LogP contribution in [0.4, 0.5) is 0 Å². The number of esters is 1. The predicted octanol–water partition coefficient (Wildman–Crippen LogP) is 5.31. The third kappa shape index (κ3) is 2.52. The molecule has 0 aromatic heterocycles. The number of carbonyl (C=O) groups excluding carboxylic acids is 2. The standard InChI is InChI=1S/C23H36O3/c1-5-23(26-15(2)24)13-12-21(3)16(14-23)6-7-17-18-8-9-20(25)22(18,4)11-10-19(17)21/h16-19H,5-14H2,1-4H3/t16-,17+,18+,19+,21-,22-,23+/m0/s1. The summed E-state index contributed by atoms with van der Waals surface area (Å²) in [5, 5.41) is 0. The van der Waals surface area contributed by atoms with E-state index in [0.29, 0.717) is 23.0 Å². The van der Waals surface area contributed by atoms with Crippen molar-refractivity contribution >= 4 is 11.8 Å². The minimum atomic E-state index is -0.227. The fraction of sp³-hybridized carbons (Fsp3) is 0.913. The van der Waals surface area contributed by atoms with Gasteiger partial charge in [0.05, 0.1) is 0 Å². The first-order valence-corrected chi connectivity index (χ1v) is 11.0. The third-order valence-corrected chi connectivity index (χ3v) is 9.52. The summed E-state index contributed by atoms with van der Waals surface area (Å²) >= 11 is 0. The van der Waals surface area contributed by atoms with Crippen molar-refractivity contribution in [2.24, 2.45) is 34.5 Å². The van der Waals surface area contributed by atoms with Crippen LogP contribution >= 0.6 is 0 Å². The van der Waals surface area contributed by atoms with Crippen LogP contribution < -0.4 is 0 Å². The Kier molecular flexibility index (Phi) is 4.32. The minimum absolute atomic E-state index is 0.0239. The van der Waals surface area contributed by atoms with Crippen molar-refractivity contribution in [2.45, 2.75) is 97.5 Å². The van der Waals surface area contributed by atoms with Crippen LogP contribution in [0.3, 0.4) is 0 Å². The number of hydrogen-bond acceptors (Lipinski definition) is 3. The Bertz CT molecular complexity index is 613. The molecule has 0 amide bonds. The molecule has 0 saturated heterocycles. The van der Waals surface area contributed by atoms with Crippen LogP contribution in [0, 0.1) is 34.5 Å². The quantitative estimate of drug-likeness (QED) is 0.627. The topological polar surface area (TPSA) is 43.4 Å². The summed E-state index contributed by atoms with van der Waals surface area (Å²) in [6.07, 6.45) is 11.0. The molecule has 26 heavy (non-hydrogen) atoms. The van der Waals surface area contributed by atoms with Crippen LogP contribution in [0.25, 0.3) is 0 Å². The van der Waals surface area contributed by atoms with E-state index in [2.05, 4.69) is 20.8 Å². The largest absolute Gasteiger partial charge is 0.459 e. The summed E-state index contributed by atoms with van der Waals surface area (Å²) < 4.78 is 5.87. The van der Waals surface area contributed by atoms with Crippen molar-refractivity contribution in [2.75, 3.05) is 0 Å². The van der Waals surface area contributed by atoms with Gasteiger partial charge in [-0.25, -0.2) is 0 Å². The van der Waals surface area contributed by atoms with E-state index in [4.69, 9.17) is 4.74 Å².